The number of esters is 1. The van der Waals surface area contributed by atoms with E-state index in [-0.39, 0.29) is 17.2 Å². The van der Waals surface area contributed by atoms with Gasteiger partial charge in [0.25, 0.3) is 5.91 Å². The summed E-state index contributed by atoms with van der Waals surface area (Å²) in [6.45, 7) is 0.496. The Kier molecular flexibility index (Phi) is 3.99. The summed E-state index contributed by atoms with van der Waals surface area (Å²) in [6, 6.07) is 3.83. The number of ether oxygens (including phenoxy) is 1. The van der Waals surface area contributed by atoms with Crippen LogP contribution in [0.1, 0.15) is 29.8 Å². The van der Waals surface area contributed by atoms with Crippen LogP contribution in [0.4, 0.5) is 0 Å². The summed E-state index contributed by atoms with van der Waals surface area (Å²) in [5, 5.41) is 0. The van der Waals surface area contributed by atoms with Gasteiger partial charge in [-0.15, -0.1) is 0 Å². The van der Waals surface area contributed by atoms with Crippen LogP contribution in [0, 0.1) is 0 Å². The molecule has 1 aromatic heterocycles. The second-order valence-electron chi connectivity index (χ2n) is 4.46. The van der Waals surface area contributed by atoms with Crippen LogP contribution < -0.4 is 5.56 Å². The second-order valence-corrected chi connectivity index (χ2v) is 4.46. The lowest BCUT2D eigenvalue weighted by atomic mass is 10.0. The number of hydrogen-bond acceptors (Lipinski definition) is 4. The zero-order valence-corrected chi connectivity index (χ0v) is 10.7. The molecule has 1 atom stereocenters. The normalized spacial score (nSPS) is 19.0. The maximum Gasteiger partial charge on any atom is 0.328 e. The third-order valence-electron chi connectivity index (χ3n) is 3.24. The molecule has 0 aromatic carbocycles. The summed E-state index contributed by atoms with van der Waals surface area (Å²) in [6.07, 6.45) is 2.32. The molecule has 1 amide bonds. The predicted octanol–water partition coefficient (Wildman–Crippen LogP) is 0.543. The summed E-state index contributed by atoms with van der Waals surface area (Å²) in [7, 11) is 1.31. The number of rotatable bonds is 2. The molecule has 1 saturated heterocycles. The monoisotopic (exact) mass is 264 g/mol. The number of piperidine rings is 1. The molecule has 1 N–H and O–H groups in total. The average Bonchev–Trinajstić information content (AvgIpc) is 2.45. The standard InChI is InChI=1S/C13H16N2O4/c1-19-13(18)10-6-2-3-8-15(10)12(17)9-5-4-7-11(16)14-9/h4-5,7,10H,2-3,6,8H2,1H3,(H,14,16)/t10-/m1/s1. The van der Waals surface area contributed by atoms with Crippen molar-refractivity contribution < 1.29 is 14.3 Å². The minimum absolute atomic E-state index is 0.198. The average molecular weight is 264 g/mol. The highest BCUT2D eigenvalue weighted by atomic mass is 16.5. The van der Waals surface area contributed by atoms with E-state index in [9.17, 15) is 14.4 Å². The Morgan fingerprint density at radius 2 is 2.16 bits per heavy atom. The fourth-order valence-electron chi connectivity index (χ4n) is 2.28. The Morgan fingerprint density at radius 1 is 1.37 bits per heavy atom. The summed E-state index contributed by atoms with van der Waals surface area (Å²) < 4.78 is 4.72. The molecule has 0 radical (unpaired) electrons. The Bertz CT molecular complexity index is 537. The number of H-pyrrole nitrogens is 1. The summed E-state index contributed by atoms with van der Waals surface area (Å²) in [4.78, 5) is 39.2. The number of aromatic nitrogens is 1. The van der Waals surface area contributed by atoms with Crippen molar-refractivity contribution in [3.05, 3.63) is 34.2 Å². The van der Waals surface area contributed by atoms with Gasteiger partial charge in [-0.3, -0.25) is 9.59 Å². The molecule has 0 bridgehead atoms. The zero-order chi connectivity index (χ0) is 13.8. The van der Waals surface area contributed by atoms with Gasteiger partial charge in [0, 0.05) is 12.6 Å². The highest BCUT2D eigenvalue weighted by molar-refractivity contribution is 5.95. The van der Waals surface area contributed by atoms with Crippen molar-refractivity contribution >= 4 is 11.9 Å². The third-order valence-corrected chi connectivity index (χ3v) is 3.24. The molecule has 1 aromatic rings. The summed E-state index contributed by atoms with van der Waals surface area (Å²) in [5.74, 6) is -0.751. The number of aromatic amines is 1. The van der Waals surface area contributed by atoms with E-state index in [1.807, 2.05) is 0 Å². The molecule has 2 heterocycles. The SMILES string of the molecule is COC(=O)[C@H]1CCCCN1C(=O)c1cccc(=O)[nH]1. The number of likely N-dealkylation sites (tertiary alicyclic amines) is 1. The van der Waals surface area contributed by atoms with Crippen LogP contribution in [0.25, 0.3) is 0 Å². The summed E-state index contributed by atoms with van der Waals surface area (Å²) in [5.41, 5.74) is -0.138. The number of hydrogen-bond donors (Lipinski definition) is 1. The molecule has 0 saturated carbocycles. The van der Waals surface area contributed by atoms with E-state index in [2.05, 4.69) is 4.98 Å². The minimum Gasteiger partial charge on any atom is -0.467 e. The van der Waals surface area contributed by atoms with E-state index >= 15 is 0 Å². The number of methoxy groups -OCH3 is 1. The van der Waals surface area contributed by atoms with Gasteiger partial charge in [0.05, 0.1) is 7.11 Å². The number of pyridine rings is 1. The van der Waals surface area contributed by atoms with Crippen LogP contribution in [0.15, 0.2) is 23.0 Å². The predicted molar refractivity (Wildman–Crippen MR) is 67.8 cm³/mol. The molecular weight excluding hydrogens is 248 g/mol. The summed E-state index contributed by atoms with van der Waals surface area (Å²) >= 11 is 0. The van der Waals surface area contributed by atoms with Crippen molar-refractivity contribution in [2.45, 2.75) is 25.3 Å². The van der Waals surface area contributed by atoms with E-state index in [1.165, 1.54) is 30.2 Å². The smallest absolute Gasteiger partial charge is 0.328 e. The first-order chi connectivity index (χ1) is 9.13. The van der Waals surface area contributed by atoms with Crippen LogP contribution in [0.2, 0.25) is 0 Å². The molecular formula is C13H16N2O4. The molecule has 19 heavy (non-hydrogen) atoms. The quantitative estimate of drug-likeness (QED) is 0.791. The van der Waals surface area contributed by atoms with E-state index in [4.69, 9.17) is 4.74 Å². The number of carbonyl (C=O) groups excluding carboxylic acids is 2. The molecule has 6 nitrogen and oxygen atoms in total. The van der Waals surface area contributed by atoms with Crippen molar-refractivity contribution in [2.24, 2.45) is 0 Å². The zero-order valence-electron chi connectivity index (χ0n) is 10.7. The van der Waals surface area contributed by atoms with E-state index < -0.39 is 12.0 Å². The van der Waals surface area contributed by atoms with Crippen molar-refractivity contribution in [3.63, 3.8) is 0 Å². The van der Waals surface area contributed by atoms with Crippen molar-refractivity contribution in [1.29, 1.82) is 0 Å². The molecule has 0 spiro atoms. The van der Waals surface area contributed by atoms with E-state index in [0.29, 0.717) is 13.0 Å². The molecule has 0 aliphatic carbocycles. The lowest BCUT2D eigenvalue weighted by molar-refractivity contribution is -0.147. The highest BCUT2D eigenvalue weighted by Gasteiger charge is 2.33. The Morgan fingerprint density at radius 3 is 2.84 bits per heavy atom. The molecule has 0 unspecified atom stereocenters. The first-order valence-corrected chi connectivity index (χ1v) is 6.21. The van der Waals surface area contributed by atoms with Gasteiger partial charge in [0.15, 0.2) is 0 Å². The van der Waals surface area contributed by atoms with E-state index in [1.54, 1.807) is 0 Å². The molecule has 2 rings (SSSR count). The lowest BCUT2D eigenvalue weighted by Gasteiger charge is -2.33. The maximum atomic E-state index is 12.3. The first kappa shape index (κ1) is 13.3. The van der Waals surface area contributed by atoms with Crippen LogP contribution in [-0.2, 0) is 9.53 Å². The molecule has 1 fully saturated rings. The number of nitrogens with one attached hydrogen (secondary N) is 1. The van der Waals surface area contributed by atoms with Crippen LogP contribution in [0.3, 0.4) is 0 Å². The molecule has 1 aliphatic heterocycles. The Labute approximate surface area is 110 Å². The molecule has 1 aliphatic rings. The Balaban J connectivity index is 2.25. The molecule has 6 heteroatoms. The second kappa shape index (κ2) is 5.69. The topological polar surface area (TPSA) is 79.5 Å². The lowest BCUT2D eigenvalue weighted by Crippen LogP contribution is -2.48. The van der Waals surface area contributed by atoms with Gasteiger partial charge in [0.2, 0.25) is 5.56 Å². The van der Waals surface area contributed by atoms with Gasteiger partial charge in [-0.1, -0.05) is 6.07 Å². The van der Waals surface area contributed by atoms with Crippen LogP contribution >= 0.6 is 0 Å². The van der Waals surface area contributed by atoms with Crippen molar-refractivity contribution in [3.8, 4) is 0 Å². The van der Waals surface area contributed by atoms with Crippen molar-refractivity contribution in [1.82, 2.24) is 9.88 Å². The van der Waals surface area contributed by atoms with Crippen LogP contribution in [-0.4, -0.2) is 41.5 Å². The highest BCUT2D eigenvalue weighted by Crippen LogP contribution is 2.19. The van der Waals surface area contributed by atoms with Gasteiger partial charge in [-0.25, -0.2) is 4.79 Å². The maximum absolute atomic E-state index is 12.3. The van der Waals surface area contributed by atoms with E-state index in [0.717, 1.165) is 12.8 Å². The van der Waals surface area contributed by atoms with Gasteiger partial charge < -0.3 is 14.6 Å². The number of carbonyl (C=O) groups is 2. The largest absolute Gasteiger partial charge is 0.467 e. The number of nitrogens with zero attached hydrogens (tertiary/aromatic N) is 1. The fourth-order valence-corrected chi connectivity index (χ4v) is 2.28. The Hall–Kier alpha value is -2.11. The molecule has 102 valence electrons. The van der Waals surface area contributed by atoms with Gasteiger partial charge in [-0.05, 0) is 25.3 Å². The fraction of sp³-hybridized carbons (Fsp3) is 0.462. The van der Waals surface area contributed by atoms with Gasteiger partial charge >= 0.3 is 5.97 Å². The van der Waals surface area contributed by atoms with Crippen molar-refractivity contribution in [2.75, 3.05) is 13.7 Å². The van der Waals surface area contributed by atoms with Gasteiger partial charge in [-0.2, -0.15) is 0 Å². The first-order valence-electron chi connectivity index (χ1n) is 6.21. The third kappa shape index (κ3) is 2.83. The number of amides is 1. The van der Waals surface area contributed by atoms with Gasteiger partial charge in [0.1, 0.15) is 11.7 Å². The minimum atomic E-state index is -0.560. The van der Waals surface area contributed by atoms with Crippen LogP contribution in [0.5, 0.6) is 0 Å².